The molecule has 2 nitrogen and oxygen atoms in total. The van der Waals surface area contributed by atoms with Gasteiger partial charge in [-0.25, -0.2) is 0 Å². The zero-order valence-corrected chi connectivity index (χ0v) is 11.0. The van der Waals surface area contributed by atoms with Crippen LogP contribution in [0.1, 0.15) is 55.7 Å². The van der Waals surface area contributed by atoms with Crippen LogP contribution < -0.4 is 0 Å². The quantitative estimate of drug-likeness (QED) is 0.726. The molecule has 0 amide bonds. The lowest BCUT2D eigenvalue weighted by Gasteiger charge is -2.30. The number of ketones is 1. The summed E-state index contributed by atoms with van der Waals surface area (Å²) >= 11 is 0. The summed E-state index contributed by atoms with van der Waals surface area (Å²) in [6.45, 7) is 10.3. The topological polar surface area (TPSA) is 22.0 Å². The van der Waals surface area contributed by atoms with Gasteiger partial charge in [0.25, 0.3) is 0 Å². The molecule has 0 bridgehead atoms. The van der Waals surface area contributed by atoms with E-state index in [1.165, 1.54) is 5.69 Å². The molecule has 2 heteroatoms. The summed E-state index contributed by atoms with van der Waals surface area (Å²) < 4.78 is 2.25. The van der Waals surface area contributed by atoms with Crippen molar-refractivity contribution in [3.63, 3.8) is 0 Å². The first-order valence-corrected chi connectivity index (χ1v) is 6.28. The Morgan fingerprint density at radius 1 is 1.53 bits per heavy atom. The van der Waals surface area contributed by atoms with Gasteiger partial charge < -0.3 is 4.57 Å². The number of hydrogen-bond donors (Lipinski definition) is 0. The van der Waals surface area contributed by atoms with Crippen LogP contribution in [0.5, 0.6) is 0 Å². The summed E-state index contributed by atoms with van der Waals surface area (Å²) in [5.41, 5.74) is 2.23. The molecule has 1 aromatic rings. The SMILES string of the molecule is C=CCC(C)n1ccc2c1CC(C)(C)CC2=O. The monoisotopic (exact) mass is 231 g/mol. The first-order chi connectivity index (χ1) is 7.94. The number of allylic oxidation sites excluding steroid dienone is 1. The predicted molar refractivity (Wildman–Crippen MR) is 70.4 cm³/mol. The van der Waals surface area contributed by atoms with Crippen molar-refractivity contribution >= 4 is 5.78 Å². The number of carbonyl (C=O) groups excluding carboxylic acids is 1. The largest absolute Gasteiger partial charge is 0.348 e. The maximum Gasteiger partial charge on any atom is 0.165 e. The average molecular weight is 231 g/mol. The van der Waals surface area contributed by atoms with Crippen molar-refractivity contribution in [1.82, 2.24) is 4.57 Å². The number of hydrogen-bond acceptors (Lipinski definition) is 1. The first-order valence-electron chi connectivity index (χ1n) is 6.28. The molecule has 0 saturated carbocycles. The lowest BCUT2D eigenvalue weighted by Crippen LogP contribution is -2.28. The molecule has 1 aliphatic rings. The minimum absolute atomic E-state index is 0.0914. The third-order valence-electron chi connectivity index (χ3n) is 3.59. The molecular weight excluding hydrogens is 210 g/mol. The van der Waals surface area contributed by atoms with Crippen molar-refractivity contribution in [2.75, 3.05) is 0 Å². The third-order valence-corrected chi connectivity index (χ3v) is 3.59. The molecule has 92 valence electrons. The molecule has 0 saturated heterocycles. The Kier molecular flexibility index (Phi) is 2.98. The van der Waals surface area contributed by atoms with Gasteiger partial charge in [0.2, 0.25) is 0 Å². The number of nitrogens with zero attached hydrogens (tertiary/aromatic N) is 1. The van der Waals surface area contributed by atoms with Crippen molar-refractivity contribution < 1.29 is 4.79 Å². The van der Waals surface area contributed by atoms with Crippen molar-refractivity contribution in [3.8, 4) is 0 Å². The molecule has 0 radical (unpaired) electrons. The van der Waals surface area contributed by atoms with Gasteiger partial charge in [-0.3, -0.25) is 4.79 Å². The summed E-state index contributed by atoms with van der Waals surface area (Å²) in [7, 11) is 0. The Labute approximate surface area is 103 Å². The number of Topliss-reactive ketones (excluding diaryl/α,β-unsaturated/α-hetero) is 1. The third kappa shape index (κ3) is 2.21. The number of rotatable bonds is 3. The first kappa shape index (κ1) is 12.2. The second-order valence-corrected chi connectivity index (χ2v) is 5.90. The summed E-state index contributed by atoms with van der Waals surface area (Å²) in [5, 5.41) is 0. The van der Waals surface area contributed by atoms with E-state index in [4.69, 9.17) is 0 Å². The fourth-order valence-electron chi connectivity index (χ4n) is 2.73. The standard InChI is InChI=1S/C15H21NO/c1-5-6-11(2)16-8-7-12-13(16)9-15(3,4)10-14(12)17/h5,7-8,11H,1,6,9-10H2,2-4H3. The second-order valence-electron chi connectivity index (χ2n) is 5.90. The average Bonchev–Trinajstić information content (AvgIpc) is 2.59. The molecule has 0 fully saturated rings. The van der Waals surface area contributed by atoms with Crippen LogP contribution >= 0.6 is 0 Å². The molecule has 1 atom stereocenters. The highest BCUT2D eigenvalue weighted by Gasteiger charge is 2.33. The smallest absolute Gasteiger partial charge is 0.165 e. The van der Waals surface area contributed by atoms with Gasteiger partial charge in [0, 0.05) is 29.9 Å². The fraction of sp³-hybridized carbons (Fsp3) is 0.533. The van der Waals surface area contributed by atoms with Gasteiger partial charge in [-0.2, -0.15) is 0 Å². The molecule has 1 aromatic heterocycles. The van der Waals surface area contributed by atoms with Crippen LogP contribution in [0.3, 0.4) is 0 Å². The molecule has 0 aromatic carbocycles. The van der Waals surface area contributed by atoms with Crippen LogP contribution in [-0.4, -0.2) is 10.4 Å². The van der Waals surface area contributed by atoms with E-state index in [0.29, 0.717) is 18.2 Å². The van der Waals surface area contributed by atoms with Gasteiger partial charge >= 0.3 is 0 Å². The zero-order chi connectivity index (χ0) is 12.6. The van der Waals surface area contributed by atoms with Gasteiger partial charge in [0.1, 0.15) is 0 Å². The lowest BCUT2D eigenvalue weighted by atomic mass is 9.76. The van der Waals surface area contributed by atoms with Crippen LogP contribution in [0.4, 0.5) is 0 Å². The van der Waals surface area contributed by atoms with Crippen molar-refractivity contribution in [3.05, 3.63) is 36.2 Å². The highest BCUT2D eigenvalue weighted by molar-refractivity contribution is 5.98. The van der Waals surface area contributed by atoms with Crippen molar-refractivity contribution in [2.24, 2.45) is 5.41 Å². The van der Waals surface area contributed by atoms with E-state index in [1.54, 1.807) is 0 Å². The Balaban J connectivity index is 2.40. The van der Waals surface area contributed by atoms with Gasteiger partial charge in [-0.1, -0.05) is 19.9 Å². The van der Waals surface area contributed by atoms with Crippen molar-refractivity contribution in [2.45, 2.75) is 46.1 Å². The van der Waals surface area contributed by atoms with Gasteiger partial charge in [-0.15, -0.1) is 6.58 Å². The highest BCUT2D eigenvalue weighted by atomic mass is 16.1. The van der Waals surface area contributed by atoms with Crippen LogP contribution in [0.25, 0.3) is 0 Å². The van der Waals surface area contributed by atoms with Gasteiger partial charge in [0.15, 0.2) is 5.78 Å². The molecule has 0 aliphatic heterocycles. The normalized spacial score (nSPS) is 19.8. The Morgan fingerprint density at radius 2 is 2.24 bits per heavy atom. The Bertz CT molecular complexity index is 453. The van der Waals surface area contributed by atoms with E-state index in [2.05, 4.69) is 38.1 Å². The highest BCUT2D eigenvalue weighted by Crippen LogP contribution is 2.36. The van der Waals surface area contributed by atoms with Crippen LogP contribution in [0, 0.1) is 5.41 Å². The molecule has 2 rings (SSSR count). The maximum absolute atomic E-state index is 12.1. The Morgan fingerprint density at radius 3 is 2.88 bits per heavy atom. The van der Waals surface area contributed by atoms with Crippen LogP contribution in [-0.2, 0) is 6.42 Å². The zero-order valence-electron chi connectivity index (χ0n) is 11.0. The lowest BCUT2D eigenvalue weighted by molar-refractivity contribution is 0.0909. The minimum Gasteiger partial charge on any atom is -0.348 e. The summed E-state index contributed by atoms with van der Waals surface area (Å²) in [6, 6.07) is 2.37. The minimum atomic E-state index is 0.0914. The van der Waals surface area contributed by atoms with Gasteiger partial charge in [0.05, 0.1) is 0 Å². The van der Waals surface area contributed by atoms with E-state index >= 15 is 0 Å². The number of carbonyl (C=O) groups is 1. The Hall–Kier alpha value is -1.31. The second kappa shape index (κ2) is 4.17. The van der Waals surface area contributed by atoms with Crippen molar-refractivity contribution in [1.29, 1.82) is 0 Å². The molecule has 0 spiro atoms. The van der Waals surface area contributed by atoms with E-state index in [1.807, 2.05) is 12.1 Å². The number of fused-ring (bicyclic) bond motifs is 1. The van der Waals surface area contributed by atoms with E-state index in [9.17, 15) is 4.79 Å². The van der Waals surface area contributed by atoms with Crippen LogP contribution in [0.2, 0.25) is 0 Å². The van der Waals surface area contributed by atoms with E-state index < -0.39 is 0 Å². The molecule has 1 unspecified atom stereocenters. The maximum atomic E-state index is 12.1. The summed E-state index contributed by atoms with van der Waals surface area (Å²) in [5.74, 6) is 0.292. The molecule has 17 heavy (non-hydrogen) atoms. The number of aromatic nitrogens is 1. The summed E-state index contributed by atoms with van der Waals surface area (Å²) in [4.78, 5) is 12.1. The molecular formula is C15H21NO. The predicted octanol–water partition coefficient (Wildman–Crippen LogP) is 3.78. The summed E-state index contributed by atoms with van der Waals surface area (Å²) in [6.07, 6.45) is 6.59. The fourth-order valence-corrected chi connectivity index (χ4v) is 2.73. The van der Waals surface area contributed by atoms with E-state index in [-0.39, 0.29) is 5.41 Å². The molecule has 1 heterocycles. The van der Waals surface area contributed by atoms with Gasteiger partial charge in [-0.05, 0) is 31.2 Å². The molecule has 1 aliphatic carbocycles. The molecule has 0 N–H and O–H groups in total. The van der Waals surface area contributed by atoms with Crippen LogP contribution in [0.15, 0.2) is 24.9 Å². The van der Waals surface area contributed by atoms with E-state index in [0.717, 1.165) is 18.4 Å².